The van der Waals surface area contributed by atoms with E-state index in [1.54, 1.807) is 19.1 Å². The van der Waals surface area contributed by atoms with Crippen molar-refractivity contribution in [2.45, 2.75) is 19.4 Å². The number of halogens is 3. The van der Waals surface area contributed by atoms with Crippen molar-refractivity contribution in [3.63, 3.8) is 0 Å². The molecule has 110 valence electrons. The first kappa shape index (κ1) is 14.3. The molecular formula is C16H14ClF2NO. The number of hydrogen-bond donors (Lipinski definition) is 1. The largest absolute Gasteiger partial charge is 0.493 e. The molecule has 2 N–H and O–H groups in total. The molecule has 0 aliphatic carbocycles. The highest BCUT2D eigenvalue weighted by atomic mass is 35.5. The minimum absolute atomic E-state index is 0.157. The van der Waals surface area contributed by atoms with Crippen LogP contribution < -0.4 is 10.5 Å². The Labute approximate surface area is 126 Å². The van der Waals surface area contributed by atoms with Gasteiger partial charge in [-0.2, -0.15) is 0 Å². The summed E-state index contributed by atoms with van der Waals surface area (Å²) < 4.78 is 33.8. The van der Waals surface area contributed by atoms with E-state index in [0.29, 0.717) is 34.9 Å². The lowest BCUT2D eigenvalue weighted by Crippen LogP contribution is -2.17. The van der Waals surface area contributed by atoms with Crippen molar-refractivity contribution >= 4 is 11.6 Å². The molecular weight excluding hydrogens is 296 g/mol. The minimum atomic E-state index is -0.963. The molecule has 0 aromatic heterocycles. The van der Waals surface area contributed by atoms with E-state index in [9.17, 15) is 8.78 Å². The van der Waals surface area contributed by atoms with Crippen LogP contribution in [0, 0.1) is 18.6 Å². The molecule has 1 unspecified atom stereocenters. The SMILES string of the molecule is Cc1ccc(F)c(C(N)c2cc(Cl)cc3c2OCC3)c1F. The van der Waals surface area contributed by atoms with Gasteiger partial charge in [-0.15, -0.1) is 0 Å². The van der Waals surface area contributed by atoms with Crippen molar-refractivity contribution < 1.29 is 13.5 Å². The fraction of sp³-hybridized carbons (Fsp3) is 0.250. The first-order chi connectivity index (χ1) is 9.99. The Kier molecular flexibility index (Phi) is 3.59. The molecule has 1 aliphatic rings. The monoisotopic (exact) mass is 309 g/mol. The van der Waals surface area contributed by atoms with Gasteiger partial charge in [0, 0.05) is 22.6 Å². The maximum absolute atomic E-state index is 14.3. The van der Waals surface area contributed by atoms with E-state index in [4.69, 9.17) is 22.1 Å². The lowest BCUT2D eigenvalue weighted by Gasteiger charge is -2.18. The Morgan fingerprint density at radius 3 is 2.81 bits per heavy atom. The molecule has 0 saturated carbocycles. The Balaban J connectivity index is 2.16. The van der Waals surface area contributed by atoms with Crippen LogP contribution in [0.2, 0.25) is 5.02 Å². The maximum Gasteiger partial charge on any atom is 0.134 e. The Morgan fingerprint density at radius 2 is 2.05 bits per heavy atom. The second-order valence-electron chi connectivity index (χ2n) is 5.15. The van der Waals surface area contributed by atoms with Gasteiger partial charge in [0.15, 0.2) is 0 Å². The predicted octanol–water partition coefficient (Wildman–Crippen LogP) is 3.91. The van der Waals surface area contributed by atoms with Crippen molar-refractivity contribution in [2.75, 3.05) is 6.61 Å². The lowest BCUT2D eigenvalue weighted by atomic mass is 9.94. The number of ether oxygens (including phenoxy) is 1. The molecule has 0 fully saturated rings. The summed E-state index contributed by atoms with van der Waals surface area (Å²) in [7, 11) is 0. The topological polar surface area (TPSA) is 35.2 Å². The van der Waals surface area contributed by atoms with Crippen molar-refractivity contribution in [1.29, 1.82) is 0 Å². The van der Waals surface area contributed by atoms with Crippen LogP contribution in [-0.2, 0) is 6.42 Å². The zero-order valence-corrected chi connectivity index (χ0v) is 12.2. The van der Waals surface area contributed by atoms with E-state index in [0.717, 1.165) is 5.56 Å². The standard InChI is InChI=1S/C16H14ClF2NO/c1-8-2-3-12(18)13(14(8)19)15(20)11-7-10(17)6-9-4-5-21-16(9)11/h2-3,6-7,15H,4-5,20H2,1H3. The fourth-order valence-electron chi connectivity index (χ4n) is 2.65. The molecule has 2 aromatic carbocycles. The first-order valence-electron chi connectivity index (χ1n) is 6.64. The Bertz CT molecular complexity index is 718. The number of benzene rings is 2. The lowest BCUT2D eigenvalue weighted by molar-refractivity contribution is 0.352. The summed E-state index contributed by atoms with van der Waals surface area (Å²) in [4.78, 5) is 0. The first-order valence-corrected chi connectivity index (χ1v) is 7.02. The average molecular weight is 310 g/mol. The van der Waals surface area contributed by atoms with Gasteiger partial charge in [-0.05, 0) is 36.2 Å². The van der Waals surface area contributed by atoms with Crippen molar-refractivity contribution in [2.24, 2.45) is 5.73 Å². The van der Waals surface area contributed by atoms with Crippen LogP contribution in [0.3, 0.4) is 0 Å². The molecule has 3 rings (SSSR count). The molecule has 1 aliphatic heterocycles. The zero-order valence-electron chi connectivity index (χ0n) is 11.4. The van der Waals surface area contributed by atoms with Gasteiger partial charge in [0.25, 0.3) is 0 Å². The number of rotatable bonds is 2. The zero-order chi connectivity index (χ0) is 15.1. The highest BCUT2D eigenvalue weighted by molar-refractivity contribution is 6.30. The molecule has 2 aromatic rings. The molecule has 21 heavy (non-hydrogen) atoms. The molecule has 0 bridgehead atoms. The quantitative estimate of drug-likeness (QED) is 0.913. The van der Waals surface area contributed by atoms with Gasteiger partial charge in [0.05, 0.1) is 12.6 Å². The summed E-state index contributed by atoms with van der Waals surface area (Å²) in [6, 6.07) is 5.05. The van der Waals surface area contributed by atoms with E-state index < -0.39 is 17.7 Å². The third kappa shape index (κ3) is 2.39. The molecule has 0 saturated heterocycles. The van der Waals surface area contributed by atoms with Gasteiger partial charge in [-0.1, -0.05) is 17.7 Å². The average Bonchev–Trinajstić information content (AvgIpc) is 2.90. The highest BCUT2D eigenvalue weighted by Crippen LogP contribution is 2.39. The van der Waals surface area contributed by atoms with E-state index in [1.807, 2.05) is 0 Å². The van der Waals surface area contributed by atoms with Gasteiger partial charge in [0.1, 0.15) is 17.4 Å². The van der Waals surface area contributed by atoms with Crippen molar-refractivity contribution in [3.05, 3.63) is 63.2 Å². The maximum atomic E-state index is 14.3. The van der Waals surface area contributed by atoms with Gasteiger partial charge in [0.2, 0.25) is 0 Å². The Hall–Kier alpha value is -1.65. The third-order valence-electron chi connectivity index (χ3n) is 3.74. The van der Waals surface area contributed by atoms with Crippen LogP contribution in [0.1, 0.15) is 28.3 Å². The normalized spacial score (nSPS) is 14.7. The van der Waals surface area contributed by atoms with Crippen LogP contribution in [0.25, 0.3) is 0 Å². The van der Waals surface area contributed by atoms with E-state index >= 15 is 0 Å². The summed E-state index contributed by atoms with van der Waals surface area (Å²) in [5.41, 5.74) is 7.73. The molecule has 0 spiro atoms. The molecule has 1 atom stereocenters. The van der Waals surface area contributed by atoms with Gasteiger partial charge >= 0.3 is 0 Å². The highest BCUT2D eigenvalue weighted by Gasteiger charge is 2.26. The number of fused-ring (bicyclic) bond motifs is 1. The van der Waals surface area contributed by atoms with E-state index in [-0.39, 0.29) is 5.56 Å². The summed E-state index contributed by atoms with van der Waals surface area (Å²) in [5, 5.41) is 0.484. The van der Waals surface area contributed by atoms with Crippen molar-refractivity contribution in [1.82, 2.24) is 0 Å². The number of nitrogens with two attached hydrogens (primary N) is 1. The van der Waals surface area contributed by atoms with Crippen LogP contribution in [-0.4, -0.2) is 6.61 Å². The summed E-state index contributed by atoms with van der Waals surface area (Å²) in [6.45, 7) is 2.10. The van der Waals surface area contributed by atoms with E-state index in [1.165, 1.54) is 12.1 Å². The minimum Gasteiger partial charge on any atom is -0.493 e. The fourth-order valence-corrected chi connectivity index (χ4v) is 2.90. The van der Waals surface area contributed by atoms with Gasteiger partial charge < -0.3 is 10.5 Å². The van der Waals surface area contributed by atoms with E-state index in [2.05, 4.69) is 0 Å². The molecule has 0 radical (unpaired) electrons. The van der Waals surface area contributed by atoms with Crippen LogP contribution >= 0.6 is 11.6 Å². The number of aryl methyl sites for hydroxylation is 1. The Morgan fingerprint density at radius 1 is 1.29 bits per heavy atom. The van der Waals surface area contributed by atoms with Crippen LogP contribution in [0.4, 0.5) is 8.78 Å². The summed E-state index contributed by atoms with van der Waals surface area (Å²) in [5.74, 6) is -0.709. The molecule has 2 nitrogen and oxygen atoms in total. The molecule has 5 heteroatoms. The smallest absolute Gasteiger partial charge is 0.134 e. The van der Waals surface area contributed by atoms with Gasteiger partial charge in [-0.25, -0.2) is 8.78 Å². The predicted molar refractivity (Wildman–Crippen MR) is 77.8 cm³/mol. The number of hydrogen-bond acceptors (Lipinski definition) is 2. The third-order valence-corrected chi connectivity index (χ3v) is 3.96. The molecule has 0 amide bonds. The summed E-state index contributed by atoms with van der Waals surface area (Å²) in [6.07, 6.45) is 0.717. The van der Waals surface area contributed by atoms with Gasteiger partial charge in [-0.3, -0.25) is 0 Å². The molecule has 1 heterocycles. The summed E-state index contributed by atoms with van der Waals surface area (Å²) >= 11 is 6.07. The second kappa shape index (κ2) is 5.28. The van der Waals surface area contributed by atoms with Crippen LogP contribution in [0.5, 0.6) is 5.75 Å². The second-order valence-corrected chi connectivity index (χ2v) is 5.59. The van der Waals surface area contributed by atoms with Crippen molar-refractivity contribution in [3.8, 4) is 5.75 Å². The van der Waals surface area contributed by atoms with Crippen LogP contribution in [0.15, 0.2) is 24.3 Å².